The number of hydrogen-bond donors (Lipinski definition) is 1. The van der Waals surface area contributed by atoms with Crippen molar-refractivity contribution in [3.8, 4) is 0 Å². The van der Waals surface area contributed by atoms with E-state index < -0.39 is 0 Å². The number of halogens is 1. The Balaban J connectivity index is 1.65. The molecule has 0 spiro atoms. The number of carbonyl (C=O) groups is 1. The summed E-state index contributed by atoms with van der Waals surface area (Å²) in [5.41, 5.74) is 2.05. The number of anilines is 1. The summed E-state index contributed by atoms with van der Waals surface area (Å²) in [7, 11) is 0. The van der Waals surface area contributed by atoms with Gasteiger partial charge in [0, 0.05) is 11.1 Å². The van der Waals surface area contributed by atoms with Crippen molar-refractivity contribution >= 4 is 23.3 Å². The van der Waals surface area contributed by atoms with Crippen molar-refractivity contribution in [1.29, 1.82) is 0 Å². The van der Waals surface area contributed by atoms with Gasteiger partial charge in [0.15, 0.2) is 0 Å². The molecule has 3 rings (SSSR count). The Hall–Kier alpha value is -2.59. The molecule has 2 aromatic carbocycles. The largest absolute Gasteiger partial charge is 0.311 e. The van der Waals surface area contributed by atoms with Gasteiger partial charge in [-0.05, 0) is 23.3 Å². The van der Waals surface area contributed by atoms with Gasteiger partial charge in [-0.15, -0.1) is 0 Å². The average molecular weight is 326 g/mol. The monoisotopic (exact) mass is 325 g/mol. The first-order chi connectivity index (χ1) is 11.2. The summed E-state index contributed by atoms with van der Waals surface area (Å²) in [4.78, 5) is 12.2. The molecule has 0 aliphatic heterocycles. The van der Waals surface area contributed by atoms with Gasteiger partial charge < -0.3 is 5.32 Å². The number of amides is 1. The van der Waals surface area contributed by atoms with E-state index in [1.807, 2.05) is 42.5 Å². The minimum atomic E-state index is -0.0814. The predicted octanol–water partition coefficient (Wildman–Crippen LogP) is 3.77. The molecule has 1 aromatic heterocycles. The van der Waals surface area contributed by atoms with Crippen molar-refractivity contribution in [3.63, 3.8) is 0 Å². The highest BCUT2D eigenvalue weighted by atomic mass is 35.5. The molecule has 3 aromatic rings. The van der Waals surface area contributed by atoms with Crippen LogP contribution in [0.5, 0.6) is 0 Å². The van der Waals surface area contributed by atoms with Gasteiger partial charge in [-0.1, -0.05) is 54.1 Å². The fraction of sp³-hybridized carbons (Fsp3) is 0.111. The van der Waals surface area contributed by atoms with Gasteiger partial charge in [0.05, 0.1) is 19.2 Å². The molecule has 23 heavy (non-hydrogen) atoms. The number of carbonyl (C=O) groups excluding carboxylic acids is 1. The lowest BCUT2D eigenvalue weighted by molar-refractivity contribution is -0.115. The highest BCUT2D eigenvalue weighted by Gasteiger charge is 2.08. The van der Waals surface area contributed by atoms with Gasteiger partial charge in [0.2, 0.25) is 5.91 Å². The molecule has 0 radical (unpaired) electrons. The molecule has 1 N–H and O–H groups in total. The van der Waals surface area contributed by atoms with Crippen LogP contribution in [0.2, 0.25) is 5.02 Å². The fourth-order valence-electron chi connectivity index (χ4n) is 2.30. The Morgan fingerprint density at radius 2 is 1.74 bits per heavy atom. The standard InChI is InChI=1S/C18H16ClN3O/c19-16-8-6-14(7-9-16)12-18(23)21-17-10-11-20-22(17)13-15-4-2-1-3-5-15/h1-11H,12-13H2,(H,21,23). The van der Waals surface area contributed by atoms with Crippen LogP contribution in [0.15, 0.2) is 66.9 Å². The zero-order chi connectivity index (χ0) is 16.1. The minimum absolute atomic E-state index is 0.0814. The summed E-state index contributed by atoms with van der Waals surface area (Å²) >= 11 is 5.85. The van der Waals surface area contributed by atoms with E-state index in [9.17, 15) is 4.79 Å². The second-order valence-electron chi connectivity index (χ2n) is 5.21. The Morgan fingerprint density at radius 3 is 2.48 bits per heavy atom. The molecular weight excluding hydrogens is 310 g/mol. The van der Waals surface area contributed by atoms with Crippen molar-refractivity contribution in [3.05, 3.63) is 83.0 Å². The van der Waals surface area contributed by atoms with E-state index in [-0.39, 0.29) is 5.91 Å². The quantitative estimate of drug-likeness (QED) is 0.776. The number of aromatic nitrogens is 2. The van der Waals surface area contributed by atoms with Gasteiger partial charge in [-0.3, -0.25) is 4.79 Å². The molecule has 0 saturated heterocycles. The number of rotatable bonds is 5. The van der Waals surface area contributed by atoms with Gasteiger partial charge in [0.25, 0.3) is 0 Å². The van der Waals surface area contributed by atoms with Crippen molar-refractivity contribution in [2.45, 2.75) is 13.0 Å². The second kappa shape index (κ2) is 7.11. The third kappa shape index (κ3) is 4.20. The van der Waals surface area contributed by atoms with Crippen LogP contribution in [0.25, 0.3) is 0 Å². The topological polar surface area (TPSA) is 46.9 Å². The van der Waals surface area contributed by atoms with Crippen LogP contribution in [0, 0.1) is 0 Å². The molecule has 0 saturated carbocycles. The molecule has 5 heteroatoms. The van der Waals surface area contributed by atoms with E-state index in [0.29, 0.717) is 23.8 Å². The molecule has 0 bridgehead atoms. The SMILES string of the molecule is O=C(Cc1ccc(Cl)cc1)Nc1ccnn1Cc1ccccc1. The third-order valence-corrected chi connectivity index (χ3v) is 3.69. The number of benzene rings is 2. The predicted molar refractivity (Wildman–Crippen MR) is 91.6 cm³/mol. The van der Waals surface area contributed by atoms with Crippen molar-refractivity contribution < 1.29 is 4.79 Å². The lowest BCUT2D eigenvalue weighted by Gasteiger charge is -2.09. The summed E-state index contributed by atoms with van der Waals surface area (Å²) in [6, 6.07) is 19.1. The Kier molecular flexibility index (Phi) is 4.74. The summed E-state index contributed by atoms with van der Waals surface area (Å²) in [6.45, 7) is 0.615. The Bertz CT molecular complexity index is 782. The van der Waals surface area contributed by atoms with Crippen LogP contribution >= 0.6 is 11.6 Å². The molecular formula is C18H16ClN3O. The lowest BCUT2D eigenvalue weighted by Crippen LogP contribution is -2.18. The maximum Gasteiger partial charge on any atom is 0.229 e. The molecule has 4 nitrogen and oxygen atoms in total. The molecule has 1 amide bonds. The Labute approximate surface area is 139 Å². The lowest BCUT2D eigenvalue weighted by atomic mass is 10.1. The minimum Gasteiger partial charge on any atom is -0.311 e. The van der Waals surface area contributed by atoms with Crippen LogP contribution in [-0.2, 0) is 17.8 Å². The molecule has 116 valence electrons. The summed E-state index contributed by atoms with van der Waals surface area (Å²) in [5.74, 6) is 0.606. The zero-order valence-corrected chi connectivity index (χ0v) is 13.2. The van der Waals surface area contributed by atoms with Crippen LogP contribution in [0.1, 0.15) is 11.1 Å². The summed E-state index contributed by atoms with van der Waals surface area (Å²) < 4.78 is 1.77. The highest BCUT2D eigenvalue weighted by Crippen LogP contribution is 2.13. The van der Waals surface area contributed by atoms with Gasteiger partial charge in [-0.25, -0.2) is 4.68 Å². The third-order valence-electron chi connectivity index (χ3n) is 3.44. The average Bonchev–Trinajstić information content (AvgIpc) is 2.97. The van der Waals surface area contributed by atoms with Crippen LogP contribution < -0.4 is 5.32 Å². The molecule has 0 unspecified atom stereocenters. The van der Waals surface area contributed by atoms with Crippen molar-refractivity contribution in [1.82, 2.24) is 9.78 Å². The normalized spacial score (nSPS) is 10.5. The van der Waals surface area contributed by atoms with Gasteiger partial charge in [-0.2, -0.15) is 5.10 Å². The molecule has 0 aliphatic carbocycles. The maximum atomic E-state index is 12.2. The summed E-state index contributed by atoms with van der Waals surface area (Å²) in [5, 5.41) is 7.83. The second-order valence-corrected chi connectivity index (χ2v) is 5.65. The van der Waals surface area contributed by atoms with Gasteiger partial charge >= 0.3 is 0 Å². The highest BCUT2D eigenvalue weighted by molar-refractivity contribution is 6.30. The van der Waals surface area contributed by atoms with E-state index in [1.165, 1.54) is 0 Å². The molecule has 1 heterocycles. The molecule has 0 atom stereocenters. The first-order valence-corrected chi connectivity index (χ1v) is 7.68. The Morgan fingerprint density at radius 1 is 1.00 bits per heavy atom. The van der Waals surface area contributed by atoms with Crippen LogP contribution in [0.3, 0.4) is 0 Å². The molecule has 0 fully saturated rings. The molecule has 0 aliphatic rings. The number of hydrogen-bond acceptors (Lipinski definition) is 2. The van der Waals surface area contributed by atoms with E-state index in [1.54, 1.807) is 29.1 Å². The van der Waals surface area contributed by atoms with Gasteiger partial charge in [0.1, 0.15) is 5.82 Å². The smallest absolute Gasteiger partial charge is 0.229 e. The zero-order valence-electron chi connectivity index (χ0n) is 12.4. The number of nitrogens with zero attached hydrogens (tertiary/aromatic N) is 2. The maximum absolute atomic E-state index is 12.2. The van der Waals surface area contributed by atoms with Crippen molar-refractivity contribution in [2.75, 3.05) is 5.32 Å². The van der Waals surface area contributed by atoms with Crippen molar-refractivity contribution in [2.24, 2.45) is 0 Å². The van der Waals surface area contributed by atoms with E-state index in [4.69, 9.17) is 11.6 Å². The van der Waals surface area contributed by atoms with Crippen LogP contribution in [-0.4, -0.2) is 15.7 Å². The fourth-order valence-corrected chi connectivity index (χ4v) is 2.42. The van der Waals surface area contributed by atoms with E-state index in [0.717, 1.165) is 11.1 Å². The number of nitrogens with one attached hydrogen (secondary N) is 1. The van der Waals surface area contributed by atoms with Crippen LogP contribution in [0.4, 0.5) is 5.82 Å². The summed E-state index contributed by atoms with van der Waals surface area (Å²) in [6.07, 6.45) is 1.98. The first-order valence-electron chi connectivity index (χ1n) is 7.31. The van der Waals surface area contributed by atoms with E-state index in [2.05, 4.69) is 10.4 Å². The first kappa shape index (κ1) is 15.3. The van der Waals surface area contributed by atoms with E-state index >= 15 is 0 Å².